The number of rotatable bonds is 2. The van der Waals surface area contributed by atoms with Crippen LogP contribution < -0.4 is 0 Å². The van der Waals surface area contributed by atoms with Crippen molar-refractivity contribution >= 4 is 0 Å². The summed E-state index contributed by atoms with van der Waals surface area (Å²) < 4.78 is 11.8. The Hall–Kier alpha value is -0.900. The fourth-order valence-corrected chi connectivity index (χ4v) is 2.77. The lowest BCUT2D eigenvalue weighted by atomic mass is 10.2. The molecule has 3 rings (SSSR count). The Bertz CT molecular complexity index is 374. The van der Waals surface area contributed by atoms with E-state index in [9.17, 15) is 0 Å². The van der Waals surface area contributed by atoms with Gasteiger partial charge in [-0.3, -0.25) is 4.90 Å². The normalized spacial score (nSPS) is 31.6. The van der Waals surface area contributed by atoms with Crippen molar-refractivity contribution in [2.45, 2.75) is 38.4 Å². The van der Waals surface area contributed by atoms with Crippen LogP contribution in [0.4, 0.5) is 0 Å². The average Bonchev–Trinajstić information content (AvgIpc) is 2.72. The van der Waals surface area contributed by atoms with Gasteiger partial charge in [-0.05, 0) is 19.4 Å². The Morgan fingerprint density at radius 3 is 2.29 bits per heavy atom. The molecule has 0 amide bonds. The molecular weight excluding hydrogens is 214 g/mol. The van der Waals surface area contributed by atoms with Gasteiger partial charge in [-0.25, -0.2) is 0 Å². The summed E-state index contributed by atoms with van der Waals surface area (Å²) in [5.41, 5.74) is 1.35. The Morgan fingerprint density at radius 1 is 1.12 bits per heavy atom. The van der Waals surface area contributed by atoms with E-state index < -0.39 is 5.79 Å². The van der Waals surface area contributed by atoms with Gasteiger partial charge in [0.25, 0.3) is 0 Å². The van der Waals surface area contributed by atoms with Gasteiger partial charge in [0.1, 0.15) is 12.2 Å². The van der Waals surface area contributed by atoms with Crippen molar-refractivity contribution in [3.63, 3.8) is 0 Å². The van der Waals surface area contributed by atoms with Crippen molar-refractivity contribution in [3.05, 3.63) is 35.9 Å². The second-order valence-electron chi connectivity index (χ2n) is 5.39. The summed E-state index contributed by atoms with van der Waals surface area (Å²) in [7, 11) is 0. The number of nitrogens with zero attached hydrogens (tertiary/aromatic N) is 1. The molecule has 17 heavy (non-hydrogen) atoms. The molecule has 92 valence electrons. The van der Waals surface area contributed by atoms with Crippen molar-refractivity contribution in [2.24, 2.45) is 0 Å². The fourth-order valence-electron chi connectivity index (χ4n) is 2.77. The van der Waals surface area contributed by atoms with Crippen LogP contribution in [0.1, 0.15) is 19.4 Å². The van der Waals surface area contributed by atoms with Crippen LogP contribution in [0.25, 0.3) is 0 Å². The van der Waals surface area contributed by atoms with E-state index in [-0.39, 0.29) is 12.2 Å². The lowest BCUT2D eigenvalue weighted by molar-refractivity contribution is -0.155. The lowest BCUT2D eigenvalue weighted by Crippen LogP contribution is -2.29. The molecule has 2 aliphatic heterocycles. The van der Waals surface area contributed by atoms with Gasteiger partial charge < -0.3 is 9.47 Å². The van der Waals surface area contributed by atoms with Crippen molar-refractivity contribution < 1.29 is 9.47 Å². The number of likely N-dealkylation sites (tertiary alicyclic amines) is 1. The first kappa shape index (κ1) is 11.2. The highest BCUT2D eigenvalue weighted by Crippen LogP contribution is 2.33. The maximum Gasteiger partial charge on any atom is 0.163 e. The minimum Gasteiger partial charge on any atom is -0.343 e. The van der Waals surface area contributed by atoms with Crippen LogP contribution in [0.5, 0.6) is 0 Å². The monoisotopic (exact) mass is 233 g/mol. The fraction of sp³-hybridized carbons (Fsp3) is 0.571. The lowest BCUT2D eigenvalue weighted by Gasteiger charge is -2.22. The van der Waals surface area contributed by atoms with Crippen LogP contribution in [0.15, 0.2) is 30.3 Å². The number of hydrogen-bond acceptors (Lipinski definition) is 3. The van der Waals surface area contributed by atoms with Crippen LogP contribution in [0.3, 0.4) is 0 Å². The van der Waals surface area contributed by atoms with E-state index >= 15 is 0 Å². The average molecular weight is 233 g/mol. The van der Waals surface area contributed by atoms with E-state index in [0.717, 1.165) is 19.6 Å². The standard InChI is InChI=1S/C14H19NO2/c1-14(2)16-12-9-15(10-13(12)17-14)8-11-6-4-3-5-7-11/h3-7,12-13H,8-10H2,1-2H3/t12-,13+. The molecule has 1 aromatic carbocycles. The van der Waals surface area contributed by atoms with E-state index in [2.05, 4.69) is 35.2 Å². The molecule has 3 heteroatoms. The van der Waals surface area contributed by atoms with E-state index in [1.165, 1.54) is 5.56 Å². The molecule has 2 aliphatic rings. The highest BCUT2D eigenvalue weighted by atomic mass is 16.8. The molecule has 3 nitrogen and oxygen atoms in total. The molecule has 0 radical (unpaired) electrons. The maximum atomic E-state index is 5.88. The second kappa shape index (κ2) is 4.09. The molecule has 2 heterocycles. The molecule has 0 bridgehead atoms. The topological polar surface area (TPSA) is 21.7 Å². The van der Waals surface area contributed by atoms with Gasteiger partial charge in [-0.1, -0.05) is 30.3 Å². The van der Waals surface area contributed by atoms with Crippen LogP contribution in [-0.4, -0.2) is 36.0 Å². The van der Waals surface area contributed by atoms with Gasteiger partial charge in [0, 0.05) is 19.6 Å². The molecular formula is C14H19NO2. The van der Waals surface area contributed by atoms with Gasteiger partial charge in [0.15, 0.2) is 5.79 Å². The van der Waals surface area contributed by atoms with Crippen molar-refractivity contribution in [2.75, 3.05) is 13.1 Å². The third-order valence-electron chi connectivity index (χ3n) is 3.41. The minimum atomic E-state index is -0.395. The summed E-state index contributed by atoms with van der Waals surface area (Å²) in [5.74, 6) is -0.395. The smallest absolute Gasteiger partial charge is 0.163 e. The summed E-state index contributed by atoms with van der Waals surface area (Å²) in [6.07, 6.45) is 0.488. The van der Waals surface area contributed by atoms with E-state index in [1.807, 2.05) is 13.8 Å². The minimum absolute atomic E-state index is 0.244. The largest absolute Gasteiger partial charge is 0.343 e. The first-order valence-electron chi connectivity index (χ1n) is 6.24. The number of fused-ring (bicyclic) bond motifs is 1. The Morgan fingerprint density at radius 2 is 1.71 bits per heavy atom. The maximum absolute atomic E-state index is 5.88. The van der Waals surface area contributed by atoms with Crippen molar-refractivity contribution in [1.29, 1.82) is 0 Å². The highest BCUT2D eigenvalue weighted by Gasteiger charge is 2.46. The van der Waals surface area contributed by atoms with Crippen molar-refractivity contribution in [3.8, 4) is 0 Å². The zero-order chi connectivity index (χ0) is 11.9. The van der Waals surface area contributed by atoms with Gasteiger partial charge in [-0.2, -0.15) is 0 Å². The van der Waals surface area contributed by atoms with Crippen LogP contribution in [0, 0.1) is 0 Å². The van der Waals surface area contributed by atoms with Gasteiger partial charge >= 0.3 is 0 Å². The molecule has 0 unspecified atom stereocenters. The molecule has 0 aromatic heterocycles. The Labute approximate surface area is 102 Å². The van der Waals surface area contributed by atoms with Gasteiger partial charge in [-0.15, -0.1) is 0 Å². The second-order valence-corrected chi connectivity index (χ2v) is 5.39. The quantitative estimate of drug-likeness (QED) is 0.780. The van der Waals surface area contributed by atoms with E-state index in [4.69, 9.17) is 9.47 Å². The van der Waals surface area contributed by atoms with Gasteiger partial charge in [0.2, 0.25) is 0 Å². The zero-order valence-electron chi connectivity index (χ0n) is 10.4. The summed E-state index contributed by atoms with van der Waals surface area (Å²) in [4.78, 5) is 2.40. The number of benzene rings is 1. The SMILES string of the molecule is CC1(C)O[C@H]2CN(Cc3ccccc3)C[C@H]2O1. The molecule has 2 fully saturated rings. The Balaban J connectivity index is 1.60. The highest BCUT2D eigenvalue weighted by molar-refractivity contribution is 5.15. The molecule has 0 saturated carbocycles. The summed E-state index contributed by atoms with van der Waals surface area (Å²) >= 11 is 0. The molecule has 2 saturated heterocycles. The van der Waals surface area contributed by atoms with E-state index in [1.54, 1.807) is 0 Å². The molecule has 0 spiro atoms. The van der Waals surface area contributed by atoms with Crippen molar-refractivity contribution in [1.82, 2.24) is 4.90 Å². The Kier molecular flexibility index (Phi) is 2.69. The van der Waals surface area contributed by atoms with E-state index in [0.29, 0.717) is 0 Å². The summed E-state index contributed by atoms with van der Waals surface area (Å²) in [5, 5.41) is 0. The first-order valence-corrected chi connectivity index (χ1v) is 6.24. The molecule has 0 aliphatic carbocycles. The number of ether oxygens (including phenoxy) is 2. The van der Waals surface area contributed by atoms with Crippen LogP contribution in [-0.2, 0) is 16.0 Å². The third-order valence-corrected chi connectivity index (χ3v) is 3.41. The zero-order valence-corrected chi connectivity index (χ0v) is 10.4. The third kappa shape index (κ3) is 2.37. The summed E-state index contributed by atoms with van der Waals surface area (Å²) in [6.45, 7) is 6.92. The molecule has 1 aromatic rings. The molecule has 2 atom stereocenters. The van der Waals surface area contributed by atoms with Crippen LogP contribution >= 0.6 is 0 Å². The first-order chi connectivity index (χ1) is 8.12. The number of hydrogen-bond donors (Lipinski definition) is 0. The molecule has 0 N–H and O–H groups in total. The predicted molar refractivity (Wildman–Crippen MR) is 65.5 cm³/mol. The van der Waals surface area contributed by atoms with Crippen LogP contribution in [0.2, 0.25) is 0 Å². The summed E-state index contributed by atoms with van der Waals surface area (Å²) in [6, 6.07) is 10.6. The van der Waals surface area contributed by atoms with Gasteiger partial charge in [0.05, 0.1) is 0 Å². The predicted octanol–water partition coefficient (Wildman–Crippen LogP) is 2.02.